The molecule has 0 saturated heterocycles. The largest absolute Gasteiger partial charge is 0.462 e. The van der Waals surface area contributed by atoms with Crippen molar-refractivity contribution >= 4 is 17.9 Å². The second kappa shape index (κ2) is 43.0. The van der Waals surface area contributed by atoms with Crippen molar-refractivity contribution in [3.05, 3.63) is 0 Å². The monoisotopic (exact) mass is 793 g/mol. The Morgan fingerprint density at radius 3 is 0.875 bits per heavy atom. The van der Waals surface area contributed by atoms with Crippen molar-refractivity contribution in [2.75, 3.05) is 13.2 Å². The predicted octanol–water partition coefficient (Wildman–Crippen LogP) is 15.8. The summed E-state index contributed by atoms with van der Waals surface area (Å²) in [6.07, 6.45) is 42.4. The van der Waals surface area contributed by atoms with Gasteiger partial charge in [0.2, 0.25) is 0 Å². The van der Waals surface area contributed by atoms with Crippen molar-refractivity contribution < 1.29 is 28.6 Å². The SMILES string of the molecule is CCCCCCCCCC(=O)O[C@H](COC(=O)CCCCCCCCCCCCCCCCC(C)C)COC(=O)CCCCCCCCCCCCCC(C)C. The van der Waals surface area contributed by atoms with Crippen LogP contribution in [0.2, 0.25) is 0 Å². The van der Waals surface area contributed by atoms with Gasteiger partial charge in [0, 0.05) is 19.3 Å². The zero-order valence-electron chi connectivity index (χ0n) is 38.3. The molecule has 0 aromatic heterocycles. The summed E-state index contributed by atoms with van der Waals surface area (Å²) in [5.41, 5.74) is 0. The topological polar surface area (TPSA) is 78.9 Å². The van der Waals surface area contributed by atoms with Gasteiger partial charge >= 0.3 is 17.9 Å². The molecule has 0 unspecified atom stereocenters. The molecule has 0 spiro atoms. The number of unbranched alkanes of at least 4 members (excludes halogenated alkanes) is 29. The number of hydrogen-bond donors (Lipinski definition) is 0. The van der Waals surface area contributed by atoms with Crippen LogP contribution in [0.3, 0.4) is 0 Å². The Hall–Kier alpha value is -1.59. The molecule has 0 aliphatic rings. The Morgan fingerprint density at radius 2 is 0.589 bits per heavy atom. The highest BCUT2D eigenvalue weighted by atomic mass is 16.6. The van der Waals surface area contributed by atoms with Crippen LogP contribution in [0.5, 0.6) is 0 Å². The van der Waals surface area contributed by atoms with Crippen molar-refractivity contribution in [3.8, 4) is 0 Å². The molecule has 0 aliphatic heterocycles. The Labute approximate surface area is 348 Å². The molecule has 0 N–H and O–H groups in total. The highest BCUT2D eigenvalue weighted by Crippen LogP contribution is 2.17. The lowest BCUT2D eigenvalue weighted by atomic mass is 10.0. The number of rotatable bonds is 44. The second-order valence-corrected chi connectivity index (χ2v) is 18.1. The van der Waals surface area contributed by atoms with Crippen LogP contribution in [0.15, 0.2) is 0 Å². The van der Waals surface area contributed by atoms with Crippen molar-refractivity contribution in [2.45, 2.75) is 278 Å². The number of hydrogen-bond acceptors (Lipinski definition) is 6. The van der Waals surface area contributed by atoms with E-state index in [1.54, 1.807) is 0 Å². The van der Waals surface area contributed by atoms with Gasteiger partial charge in [-0.3, -0.25) is 14.4 Å². The maximum Gasteiger partial charge on any atom is 0.306 e. The molecule has 56 heavy (non-hydrogen) atoms. The Kier molecular flexibility index (Phi) is 41.8. The quantitative estimate of drug-likeness (QED) is 0.0347. The molecule has 1 atom stereocenters. The van der Waals surface area contributed by atoms with Gasteiger partial charge in [0.25, 0.3) is 0 Å². The Morgan fingerprint density at radius 1 is 0.339 bits per heavy atom. The minimum atomic E-state index is -0.759. The van der Waals surface area contributed by atoms with E-state index in [2.05, 4.69) is 34.6 Å². The van der Waals surface area contributed by atoms with Crippen LogP contribution in [0, 0.1) is 11.8 Å². The number of carbonyl (C=O) groups is 3. The molecule has 0 amide bonds. The van der Waals surface area contributed by atoms with Crippen molar-refractivity contribution in [2.24, 2.45) is 11.8 Å². The highest BCUT2D eigenvalue weighted by Gasteiger charge is 2.19. The fourth-order valence-corrected chi connectivity index (χ4v) is 7.46. The standard InChI is InChI=1S/C50H96O6/c1-6-7-8-9-23-32-37-42-50(53)56-47(44-55-49(52)41-36-31-27-22-18-14-16-20-25-29-34-39-46(4)5)43-54-48(51)40-35-30-26-21-17-13-11-10-12-15-19-24-28-33-38-45(2)3/h45-47H,6-44H2,1-5H3/t47-/m1/s1. The molecule has 0 aromatic rings. The summed E-state index contributed by atoms with van der Waals surface area (Å²) in [7, 11) is 0. The third kappa shape index (κ3) is 43.5. The minimum absolute atomic E-state index is 0.0645. The van der Waals surface area contributed by atoms with E-state index >= 15 is 0 Å². The molecule has 6 heteroatoms. The van der Waals surface area contributed by atoms with Crippen molar-refractivity contribution in [1.82, 2.24) is 0 Å². The van der Waals surface area contributed by atoms with E-state index in [4.69, 9.17) is 14.2 Å². The van der Waals surface area contributed by atoms with Crippen LogP contribution in [-0.2, 0) is 28.6 Å². The highest BCUT2D eigenvalue weighted by molar-refractivity contribution is 5.71. The molecule has 0 aromatic carbocycles. The summed E-state index contributed by atoms with van der Waals surface area (Å²) in [6, 6.07) is 0. The normalized spacial score (nSPS) is 12.1. The maximum atomic E-state index is 12.6. The zero-order chi connectivity index (χ0) is 41.2. The van der Waals surface area contributed by atoms with Gasteiger partial charge in [-0.1, -0.05) is 234 Å². The maximum absolute atomic E-state index is 12.6. The van der Waals surface area contributed by atoms with Gasteiger partial charge in [0.05, 0.1) is 0 Å². The van der Waals surface area contributed by atoms with Gasteiger partial charge in [-0.2, -0.15) is 0 Å². The summed E-state index contributed by atoms with van der Waals surface area (Å²) >= 11 is 0. The van der Waals surface area contributed by atoms with Gasteiger partial charge < -0.3 is 14.2 Å². The Balaban J connectivity index is 4.18. The average Bonchev–Trinajstić information content (AvgIpc) is 3.16. The lowest BCUT2D eigenvalue weighted by Gasteiger charge is -2.18. The second-order valence-electron chi connectivity index (χ2n) is 18.1. The minimum Gasteiger partial charge on any atom is -0.462 e. The molecule has 0 fully saturated rings. The number of ether oxygens (including phenoxy) is 3. The van der Waals surface area contributed by atoms with Crippen LogP contribution in [-0.4, -0.2) is 37.2 Å². The van der Waals surface area contributed by atoms with Gasteiger partial charge in [-0.05, 0) is 31.1 Å². The first kappa shape index (κ1) is 54.4. The zero-order valence-corrected chi connectivity index (χ0v) is 38.3. The van der Waals surface area contributed by atoms with E-state index < -0.39 is 6.10 Å². The van der Waals surface area contributed by atoms with Gasteiger partial charge in [-0.15, -0.1) is 0 Å². The first-order valence-corrected chi connectivity index (χ1v) is 24.7. The number of esters is 3. The molecule has 332 valence electrons. The molecule has 0 radical (unpaired) electrons. The van der Waals surface area contributed by atoms with E-state index in [-0.39, 0.29) is 31.1 Å². The fraction of sp³-hybridized carbons (Fsp3) is 0.940. The van der Waals surface area contributed by atoms with Crippen LogP contribution >= 0.6 is 0 Å². The van der Waals surface area contributed by atoms with E-state index in [1.807, 2.05) is 0 Å². The molecule has 0 saturated carbocycles. The van der Waals surface area contributed by atoms with Crippen molar-refractivity contribution in [3.63, 3.8) is 0 Å². The lowest BCUT2D eigenvalue weighted by Crippen LogP contribution is -2.30. The van der Waals surface area contributed by atoms with Crippen LogP contribution in [0.4, 0.5) is 0 Å². The summed E-state index contributed by atoms with van der Waals surface area (Å²) < 4.78 is 16.7. The fourth-order valence-electron chi connectivity index (χ4n) is 7.46. The van der Waals surface area contributed by atoms with E-state index in [0.717, 1.165) is 69.6 Å². The van der Waals surface area contributed by atoms with Gasteiger partial charge in [0.15, 0.2) is 6.10 Å². The summed E-state index contributed by atoms with van der Waals surface area (Å²) in [4.78, 5) is 37.7. The van der Waals surface area contributed by atoms with Crippen LogP contribution in [0.1, 0.15) is 272 Å². The summed E-state index contributed by atoms with van der Waals surface area (Å²) in [5, 5.41) is 0. The van der Waals surface area contributed by atoms with E-state index in [0.29, 0.717) is 19.3 Å². The summed E-state index contributed by atoms with van der Waals surface area (Å²) in [6.45, 7) is 11.3. The predicted molar refractivity (Wildman–Crippen MR) is 238 cm³/mol. The van der Waals surface area contributed by atoms with E-state index in [9.17, 15) is 14.4 Å². The van der Waals surface area contributed by atoms with Crippen LogP contribution < -0.4 is 0 Å². The van der Waals surface area contributed by atoms with Gasteiger partial charge in [-0.25, -0.2) is 0 Å². The Bertz CT molecular complexity index is 854. The summed E-state index contributed by atoms with van der Waals surface area (Å²) in [5.74, 6) is 0.814. The molecule has 0 heterocycles. The van der Waals surface area contributed by atoms with Gasteiger partial charge in [0.1, 0.15) is 13.2 Å². The van der Waals surface area contributed by atoms with Crippen molar-refractivity contribution in [1.29, 1.82) is 0 Å². The molecule has 0 aliphatic carbocycles. The third-order valence-corrected chi connectivity index (χ3v) is 11.2. The molecular weight excluding hydrogens is 697 g/mol. The molecule has 0 rings (SSSR count). The molecule has 0 bridgehead atoms. The third-order valence-electron chi connectivity index (χ3n) is 11.2. The number of carbonyl (C=O) groups excluding carboxylic acids is 3. The first-order chi connectivity index (χ1) is 27.2. The van der Waals surface area contributed by atoms with Crippen LogP contribution in [0.25, 0.3) is 0 Å². The average molecular weight is 793 g/mol. The molecule has 6 nitrogen and oxygen atoms in total. The first-order valence-electron chi connectivity index (χ1n) is 24.7. The smallest absolute Gasteiger partial charge is 0.306 e. The lowest BCUT2D eigenvalue weighted by molar-refractivity contribution is -0.167. The molecular formula is C50H96O6. The van der Waals surface area contributed by atoms with E-state index in [1.165, 1.54) is 161 Å².